The number of amides is 1. The highest BCUT2D eigenvalue weighted by Gasteiger charge is 2.37. The number of benzene rings is 2. The van der Waals surface area contributed by atoms with Gasteiger partial charge in [0.1, 0.15) is 11.8 Å². The molecule has 2 aromatic carbocycles. The number of para-hydroxylation sites is 1. The molecular weight excluding hydrogens is 420 g/mol. The second kappa shape index (κ2) is 8.64. The third kappa shape index (κ3) is 5.65. The Hall–Kier alpha value is -3.24. The number of halogens is 6. The van der Waals surface area contributed by atoms with Gasteiger partial charge >= 0.3 is 18.3 Å². The normalized spacial score (nSPS) is 12.9. The molecule has 2 aromatic rings. The van der Waals surface area contributed by atoms with Gasteiger partial charge in [-0.15, -0.1) is 0 Å². The number of alkyl halides is 6. The minimum Gasteiger partial charge on any atom is -0.496 e. The molecule has 0 saturated carbocycles. The molecule has 0 aliphatic carbocycles. The van der Waals surface area contributed by atoms with Gasteiger partial charge in [-0.1, -0.05) is 18.2 Å². The summed E-state index contributed by atoms with van der Waals surface area (Å²) in [6.07, 6.45) is -10.6. The largest absolute Gasteiger partial charge is 0.496 e. The molecule has 0 spiro atoms. The van der Waals surface area contributed by atoms with E-state index in [2.05, 4.69) is 0 Å². The Morgan fingerprint density at radius 3 is 2.00 bits per heavy atom. The fourth-order valence-corrected chi connectivity index (χ4v) is 2.62. The van der Waals surface area contributed by atoms with E-state index in [9.17, 15) is 41.0 Å². The standard InChI is InChI=1S/C19H15F6NO4/c1-30-15-5-3-2-4-10(15)8-14(17(28)29)26-16(27)11-6-12(18(20,21)22)9-13(7-11)19(23,24)25/h2-7,9,14H,8H2,1H3,(H,26,27)(H,28,29)/t14-/m1/s1. The van der Waals surface area contributed by atoms with E-state index < -0.39 is 47.0 Å². The van der Waals surface area contributed by atoms with Gasteiger partial charge in [0.25, 0.3) is 5.91 Å². The zero-order valence-corrected chi connectivity index (χ0v) is 15.3. The van der Waals surface area contributed by atoms with Crippen LogP contribution in [0.25, 0.3) is 0 Å². The maximum Gasteiger partial charge on any atom is 0.416 e. The Morgan fingerprint density at radius 2 is 1.53 bits per heavy atom. The van der Waals surface area contributed by atoms with E-state index in [1.807, 2.05) is 5.32 Å². The van der Waals surface area contributed by atoms with Crippen molar-refractivity contribution in [1.82, 2.24) is 5.32 Å². The number of rotatable bonds is 6. The highest BCUT2D eigenvalue weighted by atomic mass is 19.4. The number of methoxy groups -OCH3 is 1. The summed E-state index contributed by atoms with van der Waals surface area (Å²) in [6.45, 7) is 0. The van der Waals surface area contributed by atoms with Crippen LogP contribution in [0.3, 0.4) is 0 Å². The summed E-state index contributed by atoms with van der Waals surface area (Å²) in [5, 5.41) is 11.3. The van der Waals surface area contributed by atoms with Crippen LogP contribution in [0, 0.1) is 0 Å². The quantitative estimate of drug-likeness (QED) is 0.669. The number of hydrogen-bond acceptors (Lipinski definition) is 3. The number of carbonyl (C=O) groups is 2. The fraction of sp³-hybridized carbons (Fsp3) is 0.263. The van der Waals surface area contributed by atoms with Crippen molar-refractivity contribution >= 4 is 11.9 Å². The molecule has 0 unspecified atom stereocenters. The first-order chi connectivity index (χ1) is 13.8. The smallest absolute Gasteiger partial charge is 0.416 e. The van der Waals surface area contributed by atoms with Crippen molar-refractivity contribution in [3.8, 4) is 5.75 Å². The first kappa shape index (κ1) is 23.0. The number of ether oxygens (including phenoxy) is 1. The molecular formula is C19H15F6NO4. The molecule has 30 heavy (non-hydrogen) atoms. The first-order valence-corrected chi connectivity index (χ1v) is 8.28. The second-order valence-corrected chi connectivity index (χ2v) is 6.17. The number of hydrogen-bond donors (Lipinski definition) is 2. The Labute approximate surface area is 166 Å². The minimum atomic E-state index is -5.14. The molecule has 0 aliphatic rings. The predicted molar refractivity (Wildman–Crippen MR) is 92.0 cm³/mol. The predicted octanol–water partition coefficient (Wildman–Crippen LogP) is 4.16. The van der Waals surface area contributed by atoms with Crippen LogP contribution in [-0.4, -0.2) is 30.1 Å². The molecule has 1 amide bonds. The van der Waals surface area contributed by atoms with Crippen molar-refractivity contribution in [3.05, 3.63) is 64.7 Å². The maximum absolute atomic E-state index is 13.0. The van der Waals surface area contributed by atoms with E-state index in [0.29, 0.717) is 11.3 Å². The Kier molecular flexibility index (Phi) is 6.63. The molecule has 0 fully saturated rings. The molecule has 2 N–H and O–H groups in total. The summed E-state index contributed by atoms with van der Waals surface area (Å²) in [4.78, 5) is 23.8. The zero-order chi connectivity index (χ0) is 22.7. The summed E-state index contributed by atoms with van der Waals surface area (Å²) < 4.78 is 82.8. The number of carbonyl (C=O) groups excluding carboxylic acids is 1. The van der Waals surface area contributed by atoms with Gasteiger partial charge in [-0.25, -0.2) is 4.79 Å². The molecule has 0 radical (unpaired) electrons. The van der Waals surface area contributed by atoms with Gasteiger partial charge in [-0.2, -0.15) is 26.3 Å². The molecule has 11 heteroatoms. The molecule has 0 aliphatic heterocycles. The van der Waals surface area contributed by atoms with Crippen molar-refractivity contribution in [2.75, 3.05) is 7.11 Å². The van der Waals surface area contributed by atoms with Crippen molar-refractivity contribution in [2.24, 2.45) is 0 Å². The first-order valence-electron chi connectivity index (χ1n) is 8.28. The molecule has 2 rings (SSSR count). The average Bonchev–Trinajstić information content (AvgIpc) is 2.65. The van der Waals surface area contributed by atoms with E-state index in [-0.39, 0.29) is 24.6 Å². The van der Waals surface area contributed by atoms with Gasteiger partial charge in [-0.05, 0) is 29.8 Å². The van der Waals surface area contributed by atoms with Crippen molar-refractivity contribution in [3.63, 3.8) is 0 Å². The molecule has 1 atom stereocenters. The van der Waals surface area contributed by atoms with Crippen LogP contribution in [0.4, 0.5) is 26.3 Å². The summed E-state index contributed by atoms with van der Waals surface area (Å²) >= 11 is 0. The van der Waals surface area contributed by atoms with Gasteiger partial charge < -0.3 is 15.2 Å². The number of aliphatic carboxylic acids is 1. The van der Waals surface area contributed by atoms with Crippen LogP contribution in [0.1, 0.15) is 27.0 Å². The SMILES string of the molecule is COc1ccccc1C[C@@H](NC(=O)c1cc(C(F)(F)F)cc(C(F)(F)F)c1)C(=O)O. The van der Waals surface area contributed by atoms with Gasteiger partial charge in [-0.3, -0.25) is 4.79 Å². The van der Waals surface area contributed by atoms with Crippen LogP contribution in [0.5, 0.6) is 5.75 Å². The van der Waals surface area contributed by atoms with E-state index in [1.165, 1.54) is 19.2 Å². The summed E-state index contributed by atoms with van der Waals surface area (Å²) in [5.74, 6) is -2.62. The van der Waals surface area contributed by atoms with Crippen LogP contribution >= 0.6 is 0 Å². The topological polar surface area (TPSA) is 75.6 Å². The second-order valence-electron chi connectivity index (χ2n) is 6.17. The zero-order valence-electron chi connectivity index (χ0n) is 15.3. The molecule has 0 aromatic heterocycles. The average molecular weight is 435 g/mol. The highest BCUT2D eigenvalue weighted by molar-refractivity contribution is 5.97. The van der Waals surface area contributed by atoms with Gasteiger partial charge in [0.05, 0.1) is 18.2 Å². The number of carboxylic acid groups (broad SMARTS) is 1. The lowest BCUT2D eigenvalue weighted by Gasteiger charge is -2.18. The summed E-state index contributed by atoms with van der Waals surface area (Å²) in [7, 11) is 1.33. The Morgan fingerprint density at radius 1 is 1.00 bits per heavy atom. The fourth-order valence-electron chi connectivity index (χ4n) is 2.62. The Balaban J connectivity index is 2.37. The van der Waals surface area contributed by atoms with E-state index in [0.717, 1.165) is 0 Å². The van der Waals surface area contributed by atoms with E-state index >= 15 is 0 Å². The van der Waals surface area contributed by atoms with Gasteiger partial charge in [0.15, 0.2) is 0 Å². The van der Waals surface area contributed by atoms with E-state index in [1.54, 1.807) is 12.1 Å². The molecule has 162 valence electrons. The third-order valence-electron chi connectivity index (χ3n) is 4.07. The molecule has 0 bridgehead atoms. The van der Waals surface area contributed by atoms with Crippen molar-refractivity contribution in [2.45, 2.75) is 24.8 Å². The lowest BCUT2D eigenvalue weighted by molar-refractivity contribution is -0.143. The monoisotopic (exact) mass is 435 g/mol. The lowest BCUT2D eigenvalue weighted by Crippen LogP contribution is -2.42. The number of carboxylic acids is 1. The maximum atomic E-state index is 13.0. The lowest BCUT2D eigenvalue weighted by atomic mass is 10.0. The third-order valence-corrected chi connectivity index (χ3v) is 4.07. The van der Waals surface area contributed by atoms with Crippen LogP contribution in [0.2, 0.25) is 0 Å². The van der Waals surface area contributed by atoms with Crippen LogP contribution in [-0.2, 0) is 23.6 Å². The highest BCUT2D eigenvalue weighted by Crippen LogP contribution is 2.36. The van der Waals surface area contributed by atoms with E-state index in [4.69, 9.17) is 4.74 Å². The van der Waals surface area contributed by atoms with Crippen molar-refractivity contribution in [1.29, 1.82) is 0 Å². The summed E-state index contributed by atoms with van der Waals surface area (Å²) in [6, 6.07) is 4.92. The Bertz CT molecular complexity index is 907. The molecule has 0 saturated heterocycles. The van der Waals surface area contributed by atoms with Crippen LogP contribution < -0.4 is 10.1 Å². The minimum absolute atomic E-state index is 0.125. The van der Waals surface area contributed by atoms with Crippen LogP contribution in [0.15, 0.2) is 42.5 Å². The van der Waals surface area contributed by atoms with Gasteiger partial charge in [0, 0.05) is 12.0 Å². The molecule has 5 nitrogen and oxygen atoms in total. The molecule has 0 heterocycles. The summed E-state index contributed by atoms with van der Waals surface area (Å²) in [5.41, 5.74) is -3.96. The van der Waals surface area contributed by atoms with Gasteiger partial charge in [0.2, 0.25) is 0 Å². The number of nitrogens with one attached hydrogen (secondary N) is 1. The van der Waals surface area contributed by atoms with Crippen molar-refractivity contribution < 1.29 is 45.8 Å².